The largest absolute Gasteiger partial charge is 0.360 e. The first-order valence-corrected chi connectivity index (χ1v) is 5.96. The molecule has 1 atom stereocenters. The molecule has 1 heterocycles. The lowest BCUT2D eigenvalue weighted by molar-refractivity contribution is 0.0946. The van der Waals surface area contributed by atoms with Gasteiger partial charge in [-0.1, -0.05) is 19.1 Å². The monoisotopic (exact) mass is 230 g/mol. The molecule has 0 bridgehead atoms. The minimum atomic E-state index is -0.102. The molecule has 3 heteroatoms. The molecule has 90 valence electrons. The third-order valence-corrected chi connectivity index (χ3v) is 3.18. The lowest BCUT2D eigenvalue weighted by atomic mass is 10.0. The summed E-state index contributed by atoms with van der Waals surface area (Å²) in [6.45, 7) is 4.06. The van der Waals surface area contributed by atoms with Crippen molar-refractivity contribution in [2.75, 3.05) is 7.05 Å². The predicted molar refractivity (Wildman–Crippen MR) is 70.5 cm³/mol. The van der Waals surface area contributed by atoms with E-state index in [1.165, 1.54) is 5.56 Å². The first-order chi connectivity index (χ1) is 8.17. The fourth-order valence-electron chi connectivity index (χ4n) is 2.15. The van der Waals surface area contributed by atoms with Crippen molar-refractivity contribution in [3.8, 4) is 0 Å². The van der Waals surface area contributed by atoms with Crippen LogP contribution in [0.15, 0.2) is 24.4 Å². The lowest BCUT2D eigenvalue weighted by Crippen LogP contribution is -2.33. The van der Waals surface area contributed by atoms with Crippen LogP contribution in [0.1, 0.15) is 29.3 Å². The molecule has 17 heavy (non-hydrogen) atoms. The third kappa shape index (κ3) is 2.11. The van der Waals surface area contributed by atoms with Gasteiger partial charge in [0.05, 0.1) is 6.04 Å². The summed E-state index contributed by atoms with van der Waals surface area (Å²) >= 11 is 0. The quantitative estimate of drug-likeness (QED) is 0.793. The number of ketones is 1. The number of H-pyrrole nitrogens is 1. The number of nitrogens with one attached hydrogen (secondary N) is 2. The number of aryl methyl sites for hydroxylation is 1. The second-order valence-corrected chi connectivity index (χ2v) is 4.37. The number of Topliss-reactive ketones (excluding diaryl/α,β-unsaturated/α-hetero) is 1. The number of benzene rings is 1. The molecular formula is C14H18N2O. The summed E-state index contributed by atoms with van der Waals surface area (Å²) in [5, 5.41) is 4.06. The van der Waals surface area contributed by atoms with Gasteiger partial charge in [-0.05, 0) is 32.0 Å². The van der Waals surface area contributed by atoms with Crippen molar-refractivity contribution >= 4 is 16.7 Å². The van der Waals surface area contributed by atoms with Crippen molar-refractivity contribution in [2.45, 2.75) is 26.3 Å². The van der Waals surface area contributed by atoms with Crippen LogP contribution < -0.4 is 5.32 Å². The molecule has 0 aliphatic carbocycles. The highest BCUT2D eigenvalue weighted by atomic mass is 16.1. The fourth-order valence-corrected chi connectivity index (χ4v) is 2.15. The zero-order valence-electron chi connectivity index (χ0n) is 10.5. The molecule has 2 aromatic rings. The Hall–Kier alpha value is -1.61. The molecule has 1 aromatic heterocycles. The average molecular weight is 230 g/mol. The van der Waals surface area contributed by atoms with Gasteiger partial charge in [0.2, 0.25) is 0 Å². The van der Waals surface area contributed by atoms with Gasteiger partial charge in [0.25, 0.3) is 0 Å². The van der Waals surface area contributed by atoms with Crippen molar-refractivity contribution in [3.63, 3.8) is 0 Å². The van der Waals surface area contributed by atoms with Gasteiger partial charge in [0.1, 0.15) is 0 Å². The lowest BCUT2D eigenvalue weighted by Gasteiger charge is -2.11. The molecule has 1 aromatic carbocycles. The van der Waals surface area contributed by atoms with E-state index in [0.29, 0.717) is 0 Å². The maximum absolute atomic E-state index is 12.3. The smallest absolute Gasteiger partial charge is 0.181 e. The van der Waals surface area contributed by atoms with Gasteiger partial charge in [-0.3, -0.25) is 4.79 Å². The van der Waals surface area contributed by atoms with E-state index < -0.39 is 0 Å². The van der Waals surface area contributed by atoms with E-state index in [0.717, 1.165) is 22.9 Å². The summed E-state index contributed by atoms with van der Waals surface area (Å²) < 4.78 is 0. The minimum absolute atomic E-state index is 0.102. The standard InChI is InChI=1S/C14H18N2O/c1-4-12(15-3)14(17)11-8-16-13-7-9(2)5-6-10(11)13/h5-8,12,15-16H,4H2,1-3H3. The molecular weight excluding hydrogens is 212 g/mol. The zero-order valence-corrected chi connectivity index (χ0v) is 10.5. The Kier molecular flexibility index (Phi) is 3.29. The highest BCUT2D eigenvalue weighted by molar-refractivity contribution is 6.10. The molecule has 0 saturated heterocycles. The van der Waals surface area contributed by atoms with Crippen molar-refractivity contribution in [3.05, 3.63) is 35.5 Å². The molecule has 2 rings (SSSR count). The first-order valence-electron chi connectivity index (χ1n) is 5.96. The molecule has 0 saturated carbocycles. The third-order valence-electron chi connectivity index (χ3n) is 3.18. The van der Waals surface area contributed by atoms with Crippen LogP contribution in [0.25, 0.3) is 10.9 Å². The van der Waals surface area contributed by atoms with Gasteiger partial charge in [-0.2, -0.15) is 0 Å². The Labute approximate surface area is 101 Å². The van der Waals surface area contributed by atoms with Crippen LogP contribution in [0.2, 0.25) is 0 Å². The number of aromatic nitrogens is 1. The van der Waals surface area contributed by atoms with E-state index in [-0.39, 0.29) is 11.8 Å². The van der Waals surface area contributed by atoms with Crippen molar-refractivity contribution in [1.82, 2.24) is 10.3 Å². The van der Waals surface area contributed by atoms with E-state index in [2.05, 4.69) is 16.4 Å². The summed E-state index contributed by atoms with van der Waals surface area (Å²) in [5.41, 5.74) is 3.00. The van der Waals surface area contributed by atoms with Crippen molar-refractivity contribution in [2.24, 2.45) is 0 Å². The number of aromatic amines is 1. The number of rotatable bonds is 4. The Morgan fingerprint density at radius 2 is 2.24 bits per heavy atom. The maximum Gasteiger partial charge on any atom is 0.181 e. The predicted octanol–water partition coefficient (Wildman–Crippen LogP) is 2.66. The number of carbonyl (C=O) groups excluding carboxylic acids is 1. The molecule has 0 aliphatic heterocycles. The van der Waals surface area contributed by atoms with Crippen LogP contribution in [0, 0.1) is 6.92 Å². The highest BCUT2D eigenvalue weighted by Gasteiger charge is 2.19. The topological polar surface area (TPSA) is 44.9 Å². The number of fused-ring (bicyclic) bond motifs is 1. The van der Waals surface area contributed by atoms with Gasteiger partial charge in [0.15, 0.2) is 5.78 Å². The Morgan fingerprint density at radius 1 is 1.47 bits per heavy atom. The van der Waals surface area contributed by atoms with Crippen LogP contribution in [-0.2, 0) is 0 Å². The first kappa shape index (κ1) is 11.9. The van der Waals surface area contributed by atoms with E-state index in [9.17, 15) is 4.79 Å². The summed E-state index contributed by atoms with van der Waals surface area (Å²) in [7, 11) is 1.82. The second-order valence-electron chi connectivity index (χ2n) is 4.37. The molecule has 0 radical (unpaired) electrons. The normalized spacial score (nSPS) is 12.9. The maximum atomic E-state index is 12.3. The molecule has 0 fully saturated rings. The molecule has 0 spiro atoms. The van der Waals surface area contributed by atoms with Crippen molar-refractivity contribution in [1.29, 1.82) is 0 Å². The van der Waals surface area contributed by atoms with Crippen LogP contribution in [0.4, 0.5) is 0 Å². The Morgan fingerprint density at radius 3 is 2.88 bits per heavy atom. The van der Waals surface area contributed by atoms with Crippen molar-refractivity contribution < 1.29 is 4.79 Å². The van der Waals surface area contributed by atoms with Gasteiger partial charge >= 0.3 is 0 Å². The number of hydrogen-bond donors (Lipinski definition) is 2. The summed E-state index contributed by atoms with van der Waals surface area (Å²) in [6.07, 6.45) is 2.61. The molecule has 0 aliphatic rings. The van der Waals surface area contributed by atoms with E-state index in [1.54, 1.807) is 0 Å². The van der Waals surface area contributed by atoms with Gasteiger partial charge in [-0.25, -0.2) is 0 Å². The zero-order chi connectivity index (χ0) is 12.4. The van der Waals surface area contributed by atoms with Gasteiger partial charge < -0.3 is 10.3 Å². The van der Waals surface area contributed by atoms with Crippen LogP contribution in [0.3, 0.4) is 0 Å². The SMILES string of the molecule is CCC(NC)C(=O)c1c[nH]c2cc(C)ccc12. The number of hydrogen-bond acceptors (Lipinski definition) is 2. The molecule has 3 nitrogen and oxygen atoms in total. The second kappa shape index (κ2) is 4.72. The van der Waals surface area contributed by atoms with E-state index in [1.807, 2.05) is 39.2 Å². The van der Waals surface area contributed by atoms with Crippen LogP contribution in [0.5, 0.6) is 0 Å². The molecule has 1 unspecified atom stereocenters. The minimum Gasteiger partial charge on any atom is -0.360 e. The van der Waals surface area contributed by atoms with E-state index >= 15 is 0 Å². The number of carbonyl (C=O) groups is 1. The summed E-state index contributed by atoms with van der Waals surface area (Å²) in [5.74, 6) is 0.158. The Balaban J connectivity index is 2.46. The van der Waals surface area contributed by atoms with Crippen LogP contribution >= 0.6 is 0 Å². The average Bonchev–Trinajstić information content (AvgIpc) is 2.73. The van der Waals surface area contributed by atoms with Gasteiger partial charge in [-0.15, -0.1) is 0 Å². The van der Waals surface area contributed by atoms with E-state index in [4.69, 9.17) is 0 Å². The highest BCUT2D eigenvalue weighted by Crippen LogP contribution is 2.21. The fraction of sp³-hybridized carbons (Fsp3) is 0.357. The Bertz CT molecular complexity index is 538. The summed E-state index contributed by atoms with van der Waals surface area (Å²) in [6, 6.07) is 6.01. The number of likely N-dealkylation sites (N-methyl/N-ethyl adjacent to an activating group) is 1. The van der Waals surface area contributed by atoms with Gasteiger partial charge in [0, 0.05) is 22.7 Å². The molecule has 2 N–H and O–H groups in total. The van der Waals surface area contributed by atoms with Crippen LogP contribution in [-0.4, -0.2) is 23.9 Å². The molecule has 0 amide bonds. The summed E-state index contributed by atoms with van der Waals surface area (Å²) in [4.78, 5) is 15.4.